The van der Waals surface area contributed by atoms with E-state index < -0.39 is 15.7 Å². The Labute approximate surface area is 99.5 Å². The molecule has 0 radical (unpaired) electrons. The van der Waals surface area contributed by atoms with Gasteiger partial charge in [-0.15, -0.1) is 0 Å². The molecule has 17 heavy (non-hydrogen) atoms. The summed E-state index contributed by atoms with van der Waals surface area (Å²) in [7, 11) is -3.11. The van der Waals surface area contributed by atoms with Gasteiger partial charge in [0.15, 0.2) is 9.84 Å². The number of carbonyl (C=O) groups excluding carboxylic acids is 1. The van der Waals surface area contributed by atoms with E-state index in [2.05, 4.69) is 0 Å². The van der Waals surface area contributed by atoms with Crippen molar-refractivity contribution in [3.8, 4) is 5.75 Å². The molecule has 0 unspecified atom stereocenters. The molecule has 6 nitrogen and oxygen atoms in total. The molecular weight excluding hydrogens is 244 g/mol. The molecule has 1 aromatic rings. The smallest absolute Gasteiger partial charge is 0.252 e. The van der Waals surface area contributed by atoms with Gasteiger partial charge in [-0.25, -0.2) is 8.42 Å². The Morgan fingerprint density at radius 2 is 2.06 bits per heavy atom. The number of hydrogen-bond donors (Lipinski definition) is 2. The minimum absolute atomic E-state index is 0.0530. The van der Waals surface area contributed by atoms with Gasteiger partial charge in [-0.1, -0.05) is 0 Å². The number of carbonyl (C=O) groups is 1. The van der Waals surface area contributed by atoms with E-state index >= 15 is 0 Å². The fourth-order valence-electron chi connectivity index (χ4n) is 1.16. The molecule has 0 bridgehead atoms. The zero-order valence-electron chi connectivity index (χ0n) is 9.34. The first-order valence-corrected chi connectivity index (χ1v) is 6.85. The van der Waals surface area contributed by atoms with E-state index in [1.807, 2.05) is 0 Å². The number of ether oxygens (including phenoxy) is 1. The second kappa shape index (κ2) is 5.05. The molecule has 1 amide bonds. The van der Waals surface area contributed by atoms with Crippen LogP contribution in [0.2, 0.25) is 0 Å². The van der Waals surface area contributed by atoms with E-state index in [1.165, 1.54) is 18.2 Å². The van der Waals surface area contributed by atoms with E-state index in [-0.39, 0.29) is 23.7 Å². The molecule has 0 fully saturated rings. The van der Waals surface area contributed by atoms with Gasteiger partial charge in [-0.3, -0.25) is 4.79 Å². The van der Waals surface area contributed by atoms with Gasteiger partial charge < -0.3 is 16.2 Å². The summed E-state index contributed by atoms with van der Waals surface area (Å²) in [6.07, 6.45) is 1.10. The van der Waals surface area contributed by atoms with E-state index in [1.54, 1.807) is 0 Å². The largest absolute Gasteiger partial charge is 0.492 e. The van der Waals surface area contributed by atoms with Crippen LogP contribution in [-0.2, 0) is 9.84 Å². The first-order valence-electron chi connectivity index (χ1n) is 4.79. The number of amides is 1. The molecule has 0 aliphatic rings. The van der Waals surface area contributed by atoms with Crippen molar-refractivity contribution in [2.75, 3.05) is 24.3 Å². The third-order valence-electron chi connectivity index (χ3n) is 1.98. The Morgan fingerprint density at radius 1 is 1.41 bits per heavy atom. The third-order valence-corrected chi connectivity index (χ3v) is 2.89. The molecule has 0 atom stereocenters. The van der Waals surface area contributed by atoms with Crippen molar-refractivity contribution in [1.29, 1.82) is 0 Å². The van der Waals surface area contributed by atoms with E-state index in [9.17, 15) is 13.2 Å². The van der Waals surface area contributed by atoms with Crippen LogP contribution in [0, 0.1) is 0 Å². The molecule has 0 saturated carbocycles. The van der Waals surface area contributed by atoms with Crippen LogP contribution >= 0.6 is 0 Å². The molecule has 1 aromatic carbocycles. The maximum Gasteiger partial charge on any atom is 0.252 e. The maximum absolute atomic E-state index is 11.1. The lowest BCUT2D eigenvalue weighted by atomic mass is 10.2. The predicted octanol–water partition coefficient (Wildman–Crippen LogP) is -0.209. The van der Waals surface area contributed by atoms with Gasteiger partial charge in [0.05, 0.1) is 11.3 Å². The Kier molecular flexibility index (Phi) is 3.95. The minimum atomic E-state index is -3.11. The maximum atomic E-state index is 11.1. The molecule has 4 N–H and O–H groups in total. The first-order chi connectivity index (χ1) is 7.79. The van der Waals surface area contributed by atoms with Crippen LogP contribution in [0.3, 0.4) is 0 Å². The highest BCUT2D eigenvalue weighted by Crippen LogP contribution is 2.21. The highest BCUT2D eigenvalue weighted by molar-refractivity contribution is 7.90. The van der Waals surface area contributed by atoms with Crippen LogP contribution in [0.5, 0.6) is 5.75 Å². The summed E-state index contributed by atoms with van der Waals surface area (Å²) in [5.74, 6) is -0.597. The van der Waals surface area contributed by atoms with Crippen molar-refractivity contribution in [3.05, 3.63) is 23.8 Å². The van der Waals surface area contributed by atoms with E-state index in [0.717, 1.165) is 6.26 Å². The molecule has 0 aliphatic carbocycles. The molecule has 0 saturated heterocycles. The van der Waals surface area contributed by atoms with E-state index in [4.69, 9.17) is 16.2 Å². The number of primary amides is 1. The van der Waals surface area contributed by atoms with Crippen LogP contribution in [-0.4, -0.2) is 32.9 Å². The van der Waals surface area contributed by atoms with Gasteiger partial charge in [-0.05, 0) is 12.1 Å². The minimum Gasteiger partial charge on any atom is -0.492 e. The molecule has 0 aromatic heterocycles. The molecular formula is C10H14N2O4S. The highest BCUT2D eigenvalue weighted by Gasteiger charge is 2.10. The number of hydrogen-bond acceptors (Lipinski definition) is 5. The summed E-state index contributed by atoms with van der Waals surface area (Å²) >= 11 is 0. The topological polar surface area (TPSA) is 112 Å². The molecule has 94 valence electrons. The van der Waals surface area contributed by atoms with Gasteiger partial charge in [0.1, 0.15) is 12.4 Å². The lowest BCUT2D eigenvalue weighted by Crippen LogP contribution is -2.16. The number of nitrogens with two attached hydrogens (primary N) is 2. The van der Waals surface area contributed by atoms with Crippen molar-refractivity contribution in [2.24, 2.45) is 5.73 Å². The predicted molar refractivity (Wildman–Crippen MR) is 64.6 cm³/mol. The van der Waals surface area contributed by atoms with Crippen LogP contribution in [0.4, 0.5) is 5.69 Å². The lowest BCUT2D eigenvalue weighted by Gasteiger charge is -2.09. The summed E-state index contributed by atoms with van der Waals surface area (Å²) < 4.78 is 27.0. The number of anilines is 1. The zero-order valence-corrected chi connectivity index (χ0v) is 10.2. The Hall–Kier alpha value is -1.76. The Bertz CT molecular complexity index is 525. The van der Waals surface area contributed by atoms with Crippen molar-refractivity contribution < 1.29 is 17.9 Å². The van der Waals surface area contributed by atoms with Crippen LogP contribution in [0.15, 0.2) is 18.2 Å². The molecule has 0 heterocycles. The normalized spacial score (nSPS) is 11.1. The monoisotopic (exact) mass is 258 g/mol. The number of sulfone groups is 1. The number of rotatable bonds is 5. The average Bonchev–Trinajstić information content (AvgIpc) is 2.15. The highest BCUT2D eigenvalue weighted by atomic mass is 32.2. The summed E-state index contributed by atoms with van der Waals surface area (Å²) in [4.78, 5) is 11.1. The number of benzene rings is 1. The molecule has 0 aliphatic heterocycles. The summed E-state index contributed by atoms with van der Waals surface area (Å²) in [6.45, 7) is -0.0530. The van der Waals surface area contributed by atoms with Gasteiger partial charge in [0, 0.05) is 18.0 Å². The van der Waals surface area contributed by atoms with Crippen LogP contribution in [0.25, 0.3) is 0 Å². The van der Waals surface area contributed by atoms with Gasteiger partial charge in [0.2, 0.25) is 0 Å². The summed E-state index contributed by atoms with van der Waals surface area (Å²) in [5, 5.41) is 0. The molecule has 0 spiro atoms. The lowest BCUT2D eigenvalue weighted by molar-refractivity contribution is 0.0996. The fourth-order valence-corrected chi connectivity index (χ4v) is 1.55. The summed E-state index contributed by atoms with van der Waals surface area (Å²) in [6, 6.07) is 4.39. The van der Waals surface area contributed by atoms with Crippen LogP contribution < -0.4 is 16.2 Å². The third kappa shape index (κ3) is 4.31. The van der Waals surface area contributed by atoms with Crippen molar-refractivity contribution in [1.82, 2.24) is 0 Å². The van der Waals surface area contributed by atoms with Crippen LogP contribution in [0.1, 0.15) is 10.4 Å². The second-order valence-electron chi connectivity index (χ2n) is 3.60. The molecule has 1 rings (SSSR count). The van der Waals surface area contributed by atoms with Crippen molar-refractivity contribution >= 4 is 21.4 Å². The SMILES string of the molecule is CS(=O)(=O)CCOc1cc(N)ccc1C(N)=O. The quantitative estimate of drug-likeness (QED) is 0.710. The van der Waals surface area contributed by atoms with E-state index in [0.29, 0.717) is 5.69 Å². The van der Waals surface area contributed by atoms with Gasteiger partial charge in [0.25, 0.3) is 5.91 Å². The van der Waals surface area contributed by atoms with Crippen molar-refractivity contribution in [2.45, 2.75) is 0 Å². The zero-order chi connectivity index (χ0) is 13.1. The summed E-state index contributed by atoms with van der Waals surface area (Å²) in [5.41, 5.74) is 11.3. The second-order valence-corrected chi connectivity index (χ2v) is 5.86. The number of nitrogen functional groups attached to an aromatic ring is 1. The molecule has 7 heteroatoms. The Morgan fingerprint density at radius 3 is 2.59 bits per heavy atom. The van der Waals surface area contributed by atoms with Crippen molar-refractivity contribution in [3.63, 3.8) is 0 Å². The Balaban J connectivity index is 2.82. The first kappa shape index (κ1) is 13.3. The van der Waals surface area contributed by atoms with Gasteiger partial charge >= 0.3 is 0 Å². The average molecular weight is 258 g/mol. The van der Waals surface area contributed by atoms with Gasteiger partial charge in [-0.2, -0.15) is 0 Å². The fraction of sp³-hybridized carbons (Fsp3) is 0.300. The standard InChI is InChI=1S/C10H14N2O4S/c1-17(14,15)5-4-16-9-6-7(11)2-3-8(9)10(12)13/h2-3,6H,4-5,11H2,1H3,(H2,12,13).